The number of pyridine rings is 1. The number of piperazine rings is 1. The van der Waals surface area contributed by atoms with Gasteiger partial charge in [-0.15, -0.1) is 0 Å². The second kappa shape index (κ2) is 9.41. The van der Waals surface area contributed by atoms with Crippen LogP contribution in [0, 0.1) is 0 Å². The molecule has 3 heterocycles. The van der Waals surface area contributed by atoms with Crippen molar-refractivity contribution in [2.24, 2.45) is 0 Å². The molecule has 1 fully saturated rings. The molecule has 2 aromatic heterocycles. The largest absolute Gasteiger partial charge is 0.352 e. The maximum Gasteiger partial charge on any atom is 0.255 e. The van der Waals surface area contributed by atoms with E-state index in [1.165, 1.54) is 0 Å². The molecule has 1 amide bonds. The fraction of sp³-hybridized carbons (Fsp3) is 0.526. The van der Waals surface area contributed by atoms with Gasteiger partial charge in [-0.3, -0.25) is 4.79 Å². The molecule has 9 nitrogen and oxygen atoms in total. The van der Waals surface area contributed by atoms with Crippen molar-refractivity contribution in [3.63, 3.8) is 0 Å². The molecule has 1 saturated heterocycles. The number of aromatic nitrogens is 4. The second-order valence-electron chi connectivity index (χ2n) is 6.80. The van der Waals surface area contributed by atoms with Crippen LogP contribution in [0.5, 0.6) is 0 Å². The Morgan fingerprint density at radius 2 is 1.93 bits per heavy atom. The van der Waals surface area contributed by atoms with Crippen LogP contribution in [-0.4, -0.2) is 70.5 Å². The third-order valence-corrected chi connectivity index (χ3v) is 4.59. The number of amides is 1. The van der Waals surface area contributed by atoms with E-state index in [2.05, 4.69) is 47.4 Å². The van der Waals surface area contributed by atoms with E-state index in [0.29, 0.717) is 42.1 Å². The van der Waals surface area contributed by atoms with Gasteiger partial charge in [0.25, 0.3) is 5.91 Å². The van der Waals surface area contributed by atoms with Crippen LogP contribution in [0.15, 0.2) is 18.3 Å². The van der Waals surface area contributed by atoms with Gasteiger partial charge in [-0.05, 0) is 25.6 Å². The zero-order chi connectivity index (χ0) is 19.9. The number of nitrogens with one attached hydrogen (secondary N) is 2. The number of carbonyl (C=O) groups excluding carboxylic acids is 1. The quantitative estimate of drug-likeness (QED) is 0.740. The summed E-state index contributed by atoms with van der Waals surface area (Å²) >= 11 is 0. The Bertz CT molecular complexity index is 804. The average Bonchev–Trinajstić information content (AvgIpc) is 2.72. The Morgan fingerprint density at radius 3 is 2.64 bits per heavy atom. The highest BCUT2D eigenvalue weighted by Crippen LogP contribution is 2.19. The molecule has 1 aliphatic rings. The fourth-order valence-electron chi connectivity index (χ4n) is 2.90. The van der Waals surface area contributed by atoms with Crippen molar-refractivity contribution in [2.45, 2.75) is 26.7 Å². The van der Waals surface area contributed by atoms with Crippen LogP contribution in [-0.2, 0) is 6.42 Å². The first-order valence-electron chi connectivity index (χ1n) is 9.79. The van der Waals surface area contributed by atoms with Crippen molar-refractivity contribution in [3.8, 4) is 0 Å². The summed E-state index contributed by atoms with van der Waals surface area (Å²) in [7, 11) is 2.11. The van der Waals surface area contributed by atoms with Crippen molar-refractivity contribution in [1.82, 2.24) is 30.2 Å². The van der Waals surface area contributed by atoms with Gasteiger partial charge in [0.15, 0.2) is 0 Å². The molecule has 0 bridgehead atoms. The Hall–Kier alpha value is -2.81. The molecule has 2 N–H and O–H groups in total. The molecule has 150 valence electrons. The lowest BCUT2D eigenvalue weighted by molar-refractivity contribution is 0.0954. The molecule has 0 aliphatic carbocycles. The Morgan fingerprint density at radius 1 is 1.14 bits per heavy atom. The van der Waals surface area contributed by atoms with E-state index in [1.807, 2.05) is 13.8 Å². The molecular weight excluding hydrogens is 356 g/mol. The summed E-state index contributed by atoms with van der Waals surface area (Å²) in [6, 6.07) is 3.48. The molecule has 3 rings (SSSR count). The number of hydrogen-bond acceptors (Lipinski definition) is 8. The molecular formula is C19H28N8O. The molecule has 0 radical (unpaired) electrons. The first kappa shape index (κ1) is 19.9. The van der Waals surface area contributed by atoms with Crippen LogP contribution in [0.4, 0.5) is 17.7 Å². The number of aryl methyl sites for hydroxylation is 1. The molecule has 0 atom stereocenters. The topological polar surface area (TPSA) is 99.2 Å². The van der Waals surface area contributed by atoms with E-state index in [9.17, 15) is 4.79 Å². The van der Waals surface area contributed by atoms with Crippen LogP contribution in [0.3, 0.4) is 0 Å². The van der Waals surface area contributed by atoms with Gasteiger partial charge < -0.3 is 20.4 Å². The highest BCUT2D eigenvalue weighted by molar-refractivity contribution is 5.99. The van der Waals surface area contributed by atoms with Gasteiger partial charge in [-0.1, -0.05) is 13.8 Å². The number of likely N-dealkylation sites (N-methyl/N-ethyl adjacent to an activating group) is 1. The van der Waals surface area contributed by atoms with Gasteiger partial charge in [0.1, 0.15) is 11.6 Å². The molecule has 0 saturated carbocycles. The van der Waals surface area contributed by atoms with Gasteiger partial charge in [0, 0.05) is 45.3 Å². The van der Waals surface area contributed by atoms with Gasteiger partial charge in [-0.2, -0.15) is 15.0 Å². The number of nitrogens with zero attached hydrogens (tertiary/aromatic N) is 6. The first-order valence-corrected chi connectivity index (χ1v) is 9.79. The van der Waals surface area contributed by atoms with E-state index in [-0.39, 0.29) is 5.91 Å². The molecule has 9 heteroatoms. The maximum absolute atomic E-state index is 12.4. The molecule has 2 aromatic rings. The van der Waals surface area contributed by atoms with Crippen molar-refractivity contribution in [2.75, 3.05) is 50.0 Å². The summed E-state index contributed by atoms with van der Waals surface area (Å²) < 4.78 is 0. The molecule has 0 aromatic carbocycles. The van der Waals surface area contributed by atoms with Crippen LogP contribution in [0.2, 0.25) is 0 Å². The fourth-order valence-corrected chi connectivity index (χ4v) is 2.90. The van der Waals surface area contributed by atoms with E-state index < -0.39 is 0 Å². The highest BCUT2D eigenvalue weighted by atomic mass is 16.1. The number of anilines is 3. The van der Waals surface area contributed by atoms with Crippen LogP contribution >= 0.6 is 0 Å². The van der Waals surface area contributed by atoms with Crippen molar-refractivity contribution in [3.05, 3.63) is 29.7 Å². The van der Waals surface area contributed by atoms with E-state index in [0.717, 1.165) is 32.6 Å². The lowest BCUT2D eigenvalue weighted by Gasteiger charge is -2.32. The molecule has 28 heavy (non-hydrogen) atoms. The first-order chi connectivity index (χ1) is 13.6. The minimum absolute atomic E-state index is 0.165. The van der Waals surface area contributed by atoms with Gasteiger partial charge in [0.05, 0.1) is 5.56 Å². The summed E-state index contributed by atoms with van der Waals surface area (Å²) in [5, 5.41) is 6.00. The Balaban J connectivity index is 1.84. The van der Waals surface area contributed by atoms with Crippen molar-refractivity contribution in [1.29, 1.82) is 0 Å². The minimum Gasteiger partial charge on any atom is -0.352 e. The van der Waals surface area contributed by atoms with Gasteiger partial charge in [0.2, 0.25) is 11.9 Å². The monoisotopic (exact) mass is 384 g/mol. The van der Waals surface area contributed by atoms with Crippen molar-refractivity contribution >= 4 is 23.6 Å². The zero-order valence-electron chi connectivity index (χ0n) is 16.8. The Labute approximate surface area is 165 Å². The van der Waals surface area contributed by atoms with E-state index in [1.54, 1.807) is 18.3 Å². The summed E-state index contributed by atoms with van der Waals surface area (Å²) in [5.74, 6) is 2.05. The number of hydrogen-bond donors (Lipinski definition) is 2. The standard InChI is InChI=1S/C19H28N8O/c1-4-8-21-17(28)14-7-6-9-20-16(14)24-18-22-15(5-2)23-19(25-18)27-12-10-26(3)11-13-27/h6-7,9H,4-5,8,10-13H2,1-3H3,(H,21,28)(H,20,22,23,24,25). The van der Waals surface area contributed by atoms with Gasteiger partial charge >= 0.3 is 0 Å². The number of carbonyl (C=O) groups is 1. The summed E-state index contributed by atoms with van der Waals surface area (Å²) in [6.07, 6.45) is 3.21. The SMILES string of the molecule is CCCNC(=O)c1cccnc1Nc1nc(CC)nc(N2CCN(C)CC2)n1. The molecule has 0 spiro atoms. The predicted molar refractivity (Wildman–Crippen MR) is 109 cm³/mol. The van der Waals surface area contributed by atoms with E-state index >= 15 is 0 Å². The Kier molecular flexibility index (Phi) is 6.70. The smallest absolute Gasteiger partial charge is 0.255 e. The predicted octanol–water partition coefficient (Wildman–Crippen LogP) is 1.46. The highest BCUT2D eigenvalue weighted by Gasteiger charge is 2.19. The summed E-state index contributed by atoms with van der Waals surface area (Å²) in [5.41, 5.74) is 0.468. The van der Waals surface area contributed by atoms with Crippen LogP contribution < -0.4 is 15.5 Å². The van der Waals surface area contributed by atoms with Gasteiger partial charge in [-0.25, -0.2) is 4.98 Å². The molecule has 0 unspecified atom stereocenters. The van der Waals surface area contributed by atoms with Crippen LogP contribution in [0.25, 0.3) is 0 Å². The van der Waals surface area contributed by atoms with Crippen molar-refractivity contribution < 1.29 is 4.79 Å². The average molecular weight is 384 g/mol. The maximum atomic E-state index is 12.4. The lowest BCUT2D eigenvalue weighted by Crippen LogP contribution is -2.45. The molecule has 1 aliphatic heterocycles. The second-order valence-corrected chi connectivity index (χ2v) is 6.80. The third kappa shape index (κ3) is 4.92. The zero-order valence-corrected chi connectivity index (χ0v) is 16.8. The van der Waals surface area contributed by atoms with Crippen LogP contribution in [0.1, 0.15) is 36.5 Å². The lowest BCUT2D eigenvalue weighted by atomic mass is 10.2. The number of rotatable bonds is 7. The minimum atomic E-state index is -0.165. The third-order valence-electron chi connectivity index (χ3n) is 4.59. The van der Waals surface area contributed by atoms with E-state index in [4.69, 9.17) is 0 Å². The normalized spacial score (nSPS) is 14.8. The summed E-state index contributed by atoms with van der Waals surface area (Å²) in [6.45, 7) is 8.33. The summed E-state index contributed by atoms with van der Waals surface area (Å²) in [4.78, 5) is 34.8.